The Morgan fingerprint density at radius 2 is 2.04 bits per heavy atom. The molecule has 0 radical (unpaired) electrons. The summed E-state index contributed by atoms with van der Waals surface area (Å²) >= 11 is 0. The zero-order valence-corrected chi connectivity index (χ0v) is 15.3. The van der Waals surface area contributed by atoms with Gasteiger partial charge in [-0.3, -0.25) is 9.88 Å². The number of morpholine rings is 1. The number of nitrogens with zero attached hydrogens (tertiary/aromatic N) is 5. The molecule has 2 atom stereocenters. The van der Waals surface area contributed by atoms with E-state index in [9.17, 15) is 0 Å². The summed E-state index contributed by atoms with van der Waals surface area (Å²) in [5.74, 6) is 0.875. The molecule has 6 nitrogen and oxygen atoms in total. The highest BCUT2D eigenvalue weighted by molar-refractivity contribution is 5.37. The first-order valence-electron chi connectivity index (χ1n) is 9.65. The van der Waals surface area contributed by atoms with Crippen molar-refractivity contribution in [1.82, 2.24) is 19.9 Å². The topological polar surface area (TPSA) is 54.4 Å². The van der Waals surface area contributed by atoms with Gasteiger partial charge in [0.05, 0.1) is 24.6 Å². The van der Waals surface area contributed by atoms with Crippen molar-refractivity contribution < 1.29 is 4.74 Å². The molecule has 0 N–H and O–H groups in total. The SMILES string of the molecule is Cc1cccc(CN2[C@H]3CC[C@@H]2c2cnc(N4CCOCC4)nc2C3)n1. The smallest absolute Gasteiger partial charge is 0.225 e. The average Bonchev–Trinajstić information content (AvgIpc) is 2.94. The largest absolute Gasteiger partial charge is 0.378 e. The van der Waals surface area contributed by atoms with Crippen molar-refractivity contribution in [3.05, 3.63) is 47.0 Å². The van der Waals surface area contributed by atoms with Crippen LogP contribution in [0, 0.1) is 6.92 Å². The van der Waals surface area contributed by atoms with E-state index in [0.717, 1.165) is 56.6 Å². The van der Waals surface area contributed by atoms with Gasteiger partial charge >= 0.3 is 0 Å². The lowest BCUT2D eigenvalue weighted by Gasteiger charge is -2.36. The Kier molecular flexibility index (Phi) is 4.10. The van der Waals surface area contributed by atoms with Gasteiger partial charge in [-0.1, -0.05) is 6.07 Å². The lowest BCUT2D eigenvalue weighted by molar-refractivity contribution is 0.122. The molecule has 3 aliphatic rings. The van der Waals surface area contributed by atoms with Crippen LogP contribution in [0.2, 0.25) is 0 Å². The van der Waals surface area contributed by atoms with Gasteiger partial charge in [0, 0.05) is 55.6 Å². The zero-order valence-electron chi connectivity index (χ0n) is 15.3. The Morgan fingerprint density at radius 1 is 1.15 bits per heavy atom. The van der Waals surface area contributed by atoms with Crippen LogP contribution in [-0.4, -0.2) is 52.2 Å². The first kappa shape index (κ1) is 16.1. The molecule has 26 heavy (non-hydrogen) atoms. The molecule has 6 heteroatoms. The molecule has 0 aromatic carbocycles. The fourth-order valence-corrected chi connectivity index (χ4v) is 4.60. The third-order valence-corrected chi connectivity index (χ3v) is 5.90. The number of anilines is 1. The number of hydrogen-bond donors (Lipinski definition) is 0. The van der Waals surface area contributed by atoms with Crippen molar-refractivity contribution in [2.24, 2.45) is 0 Å². The van der Waals surface area contributed by atoms with Crippen molar-refractivity contribution >= 4 is 5.95 Å². The summed E-state index contributed by atoms with van der Waals surface area (Å²) in [6, 6.07) is 7.31. The fraction of sp³-hybridized carbons (Fsp3) is 0.550. The van der Waals surface area contributed by atoms with E-state index >= 15 is 0 Å². The molecular formula is C20H25N5O. The number of ether oxygens (including phenoxy) is 1. The van der Waals surface area contributed by atoms with E-state index in [4.69, 9.17) is 19.7 Å². The third kappa shape index (κ3) is 2.87. The van der Waals surface area contributed by atoms with Crippen molar-refractivity contribution in [2.45, 2.75) is 44.8 Å². The van der Waals surface area contributed by atoms with Gasteiger partial charge in [-0.2, -0.15) is 0 Å². The van der Waals surface area contributed by atoms with Gasteiger partial charge in [-0.15, -0.1) is 0 Å². The van der Waals surface area contributed by atoms with Gasteiger partial charge in [-0.25, -0.2) is 9.97 Å². The molecular weight excluding hydrogens is 326 g/mol. The molecule has 0 unspecified atom stereocenters. The molecule has 2 bridgehead atoms. The van der Waals surface area contributed by atoms with Gasteiger partial charge in [0.1, 0.15) is 0 Å². The quantitative estimate of drug-likeness (QED) is 0.846. The van der Waals surface area contributed by atoms with Crippen LogP contribution in [0.4, 0.5) is 5.95 Å². The second-order valence-corrected chi connectivity index (χ2v) is 7.57. The zero-order chi connectivity index (χ0) is 17.5. The second-order valence-electron chi connectivity index (χ2n) is 7.57. The Morgan fingerprint density at radius 3 is 2.88 bits per heavy atom. The Bertz CT molecular complexity index is 805. The highest BCUT2D eigenvalue weighted by atomic mass is 16.5. The summed E-state index contributed by atoms with van der Waals surface area (Å²) in [5.41, 5.74) is 4.83. The standard InChI is InChI=1S/C20H25N5O/c1-14-3-2-4-15(22-14)13-25-16-5-6-19(25)17-12-21-20(23-18(17)11-16)24-7-9-26-10-8-24/h2-4,12,16,19H,5-11,13H2,1H3/t16-,19+/m0/s1. The minimum atomic E-state index is 0.435. The van der Waals surface area contributed by atoms with Crippen LogP contribution in [0.15, 0.2) is 24.4 Å². The van der Waals surface area contributed by atoms with Crippen LogP contribution >= 0.6 is 0 Å². The predicted octanol–water partition coefficient (Wildman–Crippen LogP) is 2.28. The summed E-state index contributed by atoms with van der Waals surface area (Å²) in [5, 5.41) is 0. The van der Waals surface area contributed by atoms with E-state index in [1.807, 2.05) is 0 Å². The second kappa shape index (κ2) is 6.59. The highest BCUT2D eigenvalue weighted by Crippen LogP contribution is 2.43. The maximum atomic E-state index is 5.45. The molecule has 2 fully saturated rings. The number of aryl methyl sites for hydroxylation is 1. The first-order valence-corrected chi connectivity index (χ1v) is 9.65. The summed E-state index contributed by atoms with van der Waals surface area (Å²) in [6.45, 7) is 6.28. The average molecular weight is 351 g/mol. The van der Waals surface area contributed by atoms with Crippen LogP contribution in [0.25, 0.3) is 0 Å². The van der Waals surface area contributed by atoms with Crippen LogP contribution in [0.5, 0.6) is 0 Å². The number of fused-ring (bicyclic) bond motifs is 4. The molecule has 2 saturated heterocycles. The van der Waals surface area contributed by atoms with E-state index in [0.29, 0.717) is 12.1 Å². The summed E-state index contributed by atoms with van der Waals surface area (Å²) in [7, 11) is 0. The maximum absolute atomic E-state index is 5.45. The minimum absolute atomic E-state index is 0.435. The molecule has 0 aliphatic carbocycles. The van der Waals surface area contributed by atoms with Gasteiger partial charge in [-0.05, 0) is 31.9 Å². The van der Waals surface area contributed by atoms with E-state index in [-0.39, 0.29) is 0 Å². The van der Waals surface area contributed by atoms with Crippen molar-refractivity contribution in [2.75, 3.05) is 31.2 Å². The van der Waals surface area contributed by atoms with Gasteiger partial charge in [0.2, 0.25) is 5.95 Å². The molecule has 0 saturated carbocycles. The number of aromatic nitrogens is 3. The van der Waals surface area contributed by atoms with Crippen LogP contribution < -0.4 is 4.90 Å². The van der Waals surface area contributed by atoms with E-state index < -0.39 is 0 Å². The normalized spacial score (nSPS) is 25.3. The van der Waals surface area contributed by atoms with Crippen molar-refractivity contribution in [3.8, 4) is 0 Å². The monoisotopic (exact) mass is 351 g/mol. The summed E-state index contributed by atoms with van der Waals surface area (Å²) in [6.07, 6.45) is 5.54. The van der Waals surface area contributed by atoms with E-state index in [2.05, 4.69) is 41.1 Å². The van der Waals surface area contributed by atoms with Crippen molar-refractivity contribution in [3.63, 3.8) is 0 Å². The predicted molar refractivity (Wildman–Crippen MR) is 99.0 cm³/mol. The molecule has 0 spiro atoms. The molecule has 0 amide bonds. The Labute approximate surface area is 154 Å². The third-order valence-electron chi connectivity index (χ3n) is 5.90. The first-order chi connectivity index (χ1) is 12.8. The van der Waals surface area contributed by atoms with Crippen LogP contribution in [0.1, 0.15) is 41.5 Å². The summed E-state index contributed by atoms with van der Waals surface area (Å²) < 4.78 is 5.45. The molecule has 2 aromatic heterocycles. The molecule has 136 valence electrons. The Balaban J connectivity index is 1.40. The van der Waals surface area contributed by atoms with Crippen LogP contribution in [0.3, 0.4) is 0 Å². The molecule has 2 aromatic rings. The number of rotatable bonds is 3. The van der Waals surface area contributed by atoms with Crippen LogP contribution in [-0.2, 0) is 17.7 Å². The van der Waals surface area contributed by atoms with Gasteiger partial charge < -0.3 is 9.64 Å². The molecule has 5 heterocycles. The van der Waals surface area contributed by atoms with Gasteiger partial charge in [0.15, 0.2) is 0 Å². The molecule has 5 rings (SSSR count). The molecule has 3 aliphatic heterocycles. The van der Waals surface area contributed by atoms with E-state index in [1.54, 1.807) is 0 Å². The number of pyridine rings is 1. The lowest BCUT2D eigenvalue weighted by atomic mass is 9.99. The minimum Gasteiger partial charge on any atom is -0.378 e. The van der Waals surface area contributed by atoms with Gasteiger partial charge in [0.25, 0.3) is 0 Å². The highest BCUT2D eigenvalue weighted by Gasteiger charge is 2.41. The lowest BCUT2D eigenvalue weighted by Crippen LogP contribution is -2.40. The van der Waals surface area contributed by atoms with E-state index in [1.165, 1.54) is 24.1 Å². The summed E-state index contributed by atoms with van der Waals surface area (Å²) in [4.78, 5) is 19.2. The Hall–Kier alpha value is -2.05. The number of hydrogen-bond acceptors (Lipinski definition) is 6. The maximum Gasteiger partial charge on any atom is 0.225 e. The fourth-order valence-electron chi connectivity index (χ4n) is 4.60. The van der Waals surface area contributed by atoms with Crippen molar-refractivity contribution in [1.29, 1.82) is 0 Å².